The summed E-state index contributed by atoms with van der Waals surface area (Å²) < 4.78 is 277. The highest BCUT2D eigenvalue weighted by atomic mass is 19.4. The standard InChI is InChI=1S/C39H16F18N2O6/c40-34(41,42)23-13-17(14-24(35(43,44)45)31(23)64-21-5-1-19(2-6-21)58-27(60)9-10-28(58)61)33(38(52,53)54,39(55,56)57)18-15-25(36(46,47)48)32(26(16-18)37(49,50)51)65-22-7-3-20(4-8-22)59-29(62)11-12-30(59)63/h1-16H. The van der Waals surface area contributed by atoms with Crippen LogP contribution in [0, 0.1) is 0 Å². The number of rotatable bonds is 8. The lowest BCUT2D eigenvalue weighted by atomic mass is 9.71. The molecular weight excluding hydrogens is 934 g/mol. The Balaban J connectivity index is 1.61. The van der Waals surface area contributed by atoms with Gasteiger partial charge in [-0.15, -0.1) is 0 Å². The van der Waals surface area contributed by atoms with Crippen molar-refractivity contribution in [2.45, 2.75) is 42.5 Å². The van der Waals surface area contributed by atoms with Crippen molar-refractivity contribution in [2.24, 2.45) is 0 Å². The summed E-state index contributed by atoms with van der Waals surface area (Å²) >= 11 is 0. The number of alkyl halides is 18. The molecule has 344 valence electrons. The highest BCUT2D eigenvalue weighted by molar-refractivity contribution is 6.28. The highest BCUT2D eigenvalue weighted by Gasteiger charge is 2.73. The summed E-state index contributed by atoms with van der Waals surface area (Å²) in [7, 11) is 0. The van der Waals surface area contributed by atoms with Crippen LogP contribution < -0.4 is 19.3 Å². The molecule has 4 amide bonds. The third-order valence-electron chi connectivity index (χ3n) is 9.36. The predicted molar refractivity (Wildman–Crippen MR) is 182 cm³/mol. The molecule has 0 aliphatic carbocycles. The Hall–Kier alpha value is -7.02. The van der Waals surface area contributed by atoms with Gasteiger partial charge in [-0.2, -0.15) is 79.0 Å². The van der Waals surface area contributed by atoms with E-state index in [2.05, 4.69) is 0 Å². The van der Waals surface area contributed by atoms with Crippen LogP contribution in [0.2, 0.25) is 0 Å². The summed E-state index contributed by atoms with van der Waals surface area (Å²) in [6, 6.07) is -0.0863. The van der Waals surface area contributed by atoms with E-state index >= 15 is 26.3 Å². The van der Waals surface area contributed by atoms with Crippen molar-refractivity contribution in [2.75, 3.05) is 9.80 Å². The van der Waals surface area contributed by atoms with Crippen LogP contribution in [-0.2, 0) is 49.3 Å². The number of amides is 4. The van der Waals surface area contributed by atoms with Gasteiger partial charge in [-0.3, -0.25) is 19.2 Å². The van der Waals surface area contributed by atoms with Gasteiger partial charge in [0.05, 0.1) is 33.6 Å². The molecule has 0 radical (unpaired) electrons. The number of carbonyl (C=O) groups excluding carboxylic acids is 4. The maximum absolute atomic E-state index is 15.3. The van der Waals surface area contributed by atoms with Gasteiger partial charge >= 0.3 is 37.1 Å². The largest absolute Gasteiger partial charge is 0.456 e. The minimum atomic E-state index is -7.43. The Kier molecular flexibility index (Phi) is 11.4. The zero-order chi connectivity index (χ0) is 48.6. The minimum absolute atomic E-state index is 0.364. The topological polar surface area (TPSA) is 93.2 Å². The second-order valence-electron chi connectivity index (χ2n) is 13.4. The molecule has 4 aromatic carbocycles. The van der Waals surface area contributed by atoms with Crippen LogP contribution in [0.5, 0.6) is 23.0 Å². The first-order valence-corrected chi connectivity index (χ1v) is 17.1. The fourth-order valence-corrected chi connectivity index (χ4v) is 6.61. The van der Waals surface area contributed by atoms with Crippen LogP contribution in [0.1, 0.15) is 33.4 Å². The lowest BCUT2D eigenvalue weighted by molar-refractivity contribution is -0.289. The van der Waals surface area contributed by atoms with Crippen molar-refractivity contribution in [3.8, 4) is 23.0 Å². The summed E-state index contributed by atoms with van der Waals surface area (Å²) in [6.45, 7) is 0. The average Bonchev–Trinajstić information content (AvgIpc) is 3.68. The summed E-state index contributed by atoms with van der Waals surface area (Å²) in [4.78, 5) is 48.7. The predicted octanol–water partition coefficient (Wildman–Crippen LogP) is 11.6. The van der Waals surface area contributed by atoms with Gasteiger partial charge in [0.25, 0.3) is 23.6 Å². The fourth-order valence-electron chi connectivity index (χ4n) is 6.61. The molecule has 0 fully saturated rings. The minimum Gasteiger partial charge on any atom is -0.456 e. The summed E-state index contributed by atoms with van der Waals surface area (Å²) in [5, 5.41) is 0. The molecule has 0 spiro atoms. The number of benzene rings is 4. The van der Waals surface area contributed by atoms with Crippen LogP contribution in [0.4, 0.5) is 90.4 Å². The number of carbonyl (C=O) groups is 4. The van der Waals surface area contributed by atoms with E-state index in [1.807, 2.05) is 0 Å². The van der Waals surface area contributed by atoms with E-state index in [1.165, 1.54) is 0 Å². The van der Waals surface area contributed by atoms with Crippen molar-refractivity contribution in [3.63, 3.8) is 0 Å². The monoisotopic (exact) mass is 950 g/mol. The smallest absolute Gasteiger partial charge is 0.420 e. The highest BCUT2D eigenvalue weighted by Crippen LogP contribution is 2.61. The van der Waals surface area contributed by atoms with Crippen molar-refractivity contribution in [1.29, 1.82) is 0 Å². The number of halogens is 18. The van der Waals surface area contributed by atoms with Gasteiger partial charge in [0.2, 0.25) is 5.41 Å². The fraction of sp³-hybridized carbons (Fsp3) is 0.179. The number of hydrogen-bond acceptors (Lipinski definition) is 6. The molecule has 2 aliphatic heterocycles. The molecule has 26 heteroatoms. The summed E-state index contributed by atoms with van der Waals surface area (Å²) in [6.07, 6.45) is -37.6. The number of imide groups is 2. The molecule has 65 heavy (non-hydrogen) atoms. The molecule has 6 rings (SSSR count). The Morgan fingerprint density at radius 3 is 0.785 bits per heavy atom. The van der Waals surface area contributed by atoms with Crippen LogP contribution >= 0.6 is 0 Å². The quantitative estimate of drug-likeness (QED) is 0.129. The van der Waals surface area contributed by atoms with E-state index in [9.17, 15) is 71.9 Å². The first-order chi connectivity index (χ1) is 29.7. The Labute approximate surface area is 348 Å². The molecule has 0 N–H and O–H groups in total. The van der Waals surface area contributed by atoms with Gasteiger partial charge in [0.1, 0.15) is 11.5 Å². The summed E-state index contributed by atoms with van der Waals surface area (Å²) in [5.41, 5.74) is -26.2. The van der Waals surface area contributed by atoms with E-state index < -0.39 is 147 Å². The molecular formula is C39H16F18N2O6. The third-order valence-corrected chi connectivity index (χ3v) is 9.36. The van der Waals surface area contributed by atoms with Crippen molar-refractivity contribution in [1.82, 2.24) is 0 Å². The number of anilines is 2. The van der Waals surface area contributed by atoms with E-state index in [1.54, 1.807) is 0 Å². The second kappa shape index (κ2) is 15.6. The number of hydrogen-bond donors (Lipinski definition) is 0. The van der Waals surface area contributed by atoms with Crippen molar-refractivity contribution < 1.29 is 108 Å². The van der Waals surface area contributed by atoms with Gasteiger partial charge < -0.3 is 9.47 Å². The van der Waals surface area contributed by atoms with E-state index in [-0.39, 0.29) is 11.4 Å². The van der Waals surface area contributed by atoms with Gasteiger partial charge in [0.15, 0.2) is 11.5 Å². The first kappa shape index (κ1) is 47.5. The molecule has 0 saturated heterocycles. The van der Waals surface area contributed by atoms with E-state index in [0.717, 1.165) is 24.3 Å². The SMILES string of the molecule is O=C1C=CC(=O)N1c1ccc(Oc2c(C(F)(F)F)cc(C(c3cc(C(F)(F)F)c(Oc4ccc(N5C(=O)C=CC5=O)cc4)c(C(F)(F)F)c3)(C(F)(F)F)C(F)(F)F)cc2C(F)(F)F)cc1. The van der Waals surface area contributed by atoms with Crippen LogP contribution in [0.25, 0.3) is 0 Å². The molecule has 0 atom stereocenters. The Morgan fingerprint density at radius 2 is 0.585 bits per heavy atom. The van der Waals surface area contributed by atoms with Crippen LogP contribution in [0.3, 0.4) is 0 Å². The van der Waals surface area contributed by atoms with Crippen molar-refractivity contribution in [3.05, 3.63) is 130 Å². The molecule has 0 saturated carbocycles. The van der Waals surface area contributed by atoms with Crippen LogP contribution in [-0.4, -0.2) is 36.0 Å². The normalized spacial score (nSPS) is 15.5. The second-order valence-corrected chi connectivity index (χ2v) is 13.4. The molecule has 0 bridgehead atoms. The third kappa shape index (κ3) is 8.67. The van der Waals surface area contributed by atoms with Gasteiger partial charge in [-0.25, -0.2) is 9.80 Å². The van der Waals surface area contributed by atoms with Crippen molar-refractivity contribution >= 4 is 35.0 Å². The van der Waals surface area contributed by atoms with Gasteiger partial charge in [-0.1, -0.05) is 0 Å². The van der Waals surface area contributed by atoms with Gasteiger partial charge in [0, 0.05) is 24.3 Å². The Morgan fingerprint density at radius 1 is 0.354 bits per heavy atom. The number of nitrogens with zero attached hydrogens (tertiary/aromatic N) is 2. The lowest BCUT2D eigenvalue weighted by Crippen LogP contribution is -2.55. The zero-order valence-electron chi connectivity index (χ0n) is 30.9. The molecule has 0 aromatic heterocycles. The molecule has 2 heterocycles. The van der Waals surface area contributed by atoms with E-state index in [0.29, 0.717) is 58.3 Å². The summed E-state index contributed by atoms with van der Waals surface area (Å²) in [5.74, 6) is -11.2. The first-order valence-electron chi connectivity index (χ1n) is 17.1. The average molecular weight is 951 g/mol. The van der Waals surface area contributed by atoms with E-state index in [4.69, 9.17) is 9.47 Å². The molecule has 2 aliphatic rings. The molecule has 0 unspecified atom stereocenters. The molecule has 4 aromatic rings. The molecule has 8 nitrogen and oxygen atoms in total. The lowest BCUT2D eigenvalue weighted by Gasteiger charge is -2.40. The zero-order valence-corrected chi connectivity index (χ0v) is 30.9. The van der Waals surface area contributed by atoms with Crippen LogP contribution in [0.15, 0.2) is 97.1 Å². The Bertz CT molecular complexity index is 2360. The number of ether oxygens (including phenoxy) is 2. The maximum atomic E-state index is 15.3. The maximum Gasteiger partial charge on any atom is 0.420 e. The van der Waals surface area contributed by atoms with Gasteiger partial charge in [-0.05, 0) is 83.9 Å².